The fraction of sp³-hybridized carbons (Fsp3) is 0.857. The van der Waals surface area contributed by atoms with E-state index in [1.165, 1.54) is 0 Å². The molecule has 0 aliphatic carbocycles. The molecule has 0 radical (unpaired) electrons. The SMILES string of the molecule is CCn1cc(C(C)(C)CC(C)(C)C(C)C)nn1. The molecule has 1 heterocycles. The number of rotatable bonds is 5. The zero-order valence-electron chi connectivity index (χ0n) is 12.4. The molecule has 0 bridgehead atoms. The molecule has 0 N–H and O–H groups in total. The highest BCUT2D eigenvalue weighted by Gasteiger charge is 2.34. The molecular weight excluding hydrogens is 210 g/mol. The maximum absolute atomic E-state index is 4.32. The van der Waals surface area contributed by atoms with E-state index in [1.54, 1.807) is 0 Å². The third kappa shape index (κ3) is 3.30. The summed E-state index contributed by atoms with van der Waals surface area (Å²) in [4.78, 5) is 0. The second-order valence-corrected chi connectivity index (χ2v) is 6.66. The summed E-state index contributed by atoms with van der Waals surface area (Å²) in [6, 6.07) is 0. The van der Waals surface area contributed by atoms with Gasteiger partial charge in [-0.1, -0.05) is 46.8 Å². The number of hydrogen-bond donors (Lipinski definition) is 0. The van der Waals surface area contributed by atoms with Crippen molar-refractivity contribution in [3.05, 3.63) is 11.9 Å². The van der Waals surface area contributed by atoms with Gasteiger partial charge in [0.2, 0.25) is 0 Å². The molecule has 1 rings (SSSR count). The summed E-state index contributed by atoms with van der Waals surface area (Å²) >= 11 is 0. The van der Waals surface area contributed by atoms with Crippen LogP contribution >= 0.6 is 0 Å². The molecule has 0 saturated heterocycles. The van der Waals surface area contributed by atoms with Crippen molar-refractivity contribution < 1.29 is 0 Å². The van der Waals surface area contributed by atoms with Gasteiger partial charge >= 0.3 is 0 Å². The van der Waals surface area contributed by atoms with Crippen LogP contribution in [0.5, 0.6) is 0 Å². The lowest BCUT2D eigenvalue weighted by Gasteiger charge is -2.36. The van der Waals surface area contributed by atoms with Crippen LogP contribution in [0, 0.1) is 11.3 Å². The van der Waals surface area contributed by atoms with Crippen molar-refractivity contribution in [3.63, 3.8) is 0 Å². The van der Waals surface area contributed by atoms with Crippen molar-refractivity contribution in [2.24, 2.45) is 11.3 Å². The number of hydrogen-bond acceptors (Lipinski definition) is 2. The summed E-state index contributed by atoms with van der Waals surface area (Å²) in [5.41, 5.74) is 1.51. The Kier molecular flexibility index (Phi) is 4.00. The van der Waals surface area contributed by atoms with Crippen LogP contribution in [0.1, 0.15) is 60.6 Å². The predicted octanol–water partition coefficient (Wildman–Crippen LogP) is 3.65. The van der Waals surface area contributed by atoms with Gasteiger partial charge in [-0.25, -0.2) is 0 Å². The van der Waals surface area contributed by atoms with E-state index >= 15 is 0 Å². The van der Waals surface area contributed by atoms with Gasteiger partial charge in [0.15, 0.2) is 0 Å². The van der Waals surface area contributed by atoms with E-state index in [0.717, 1.165) is 18.7 Å². The van der Waals surface area contributed by atoms with Crippen molar-refractivity contribution in [3.8, 4) is 0 Å². The minimum absolute atomic E-state index is 0.0845. The highest BCUT2D eigenvalue weighted by Crippen LogP contribution is 2.40. The van der Waals surface area contributed by atoms with Gasteiger partial charge < -0.3 is 0 Å². The Hall–Kier alpha value is -0.860. The van der Waals surface area contributed by atoms with Crippen molar-refractivity contribution in [2.75, 3.05) is 0 Å². The minimum atomic E-state index is 0.0845. The highest BCUT2D eigenvalue weighted by molar-refractivity contribution is 5.10. The first kappa shape index (κ1) is 14.2. The van der Waals surface area contributed by atoms with Crippen LogP contribution in [-0.4, -0.2) is 15.0 Å². The van der Waals surface area contributed by atoms with Gasteiger partial charge in [0, 0.05) is 18.2 Å². The van der Waals surface area contributed by atoms with Gasteiger partial charge in [-0.3, -0.25) is 4.68 Å². The van der Waals surface area contributed by atoms with Gasteiger partial charge in [-0.15, -0.1) is 5.10 Å². The topological polar surface area (TPSA) is 30.7 Å². The molecule has 98 valence electrons. The fourth-order valence-corrected chi connectivity index (χ4v) is 2.20. The maximum atomic E-state index is 4.32. The summed E-state index contributed by atoms with van der Waals surface area (Å²) in [5, 5.41) is 8.46. The van der Waals surface area contributed by atoms with E-state index in [2.05, 4.69) is 65.0 Å². The second-order valence-electron chi connectivity index (χ2n) is 6.66. The standard InChI is InChI=1S/C14H27N3/c1-8-17-9-12(15-16-17)14(6,7)10-13(4,5)11(2)3/h9,11H,8,10H2,1-7H3. The Labute approximate surface area is 106 Å². The fourth-order valence-electron chi connectivity index (χ4n) is 2.20. The number of nitrogens with zero attached hydrogens (tertiary/aromatic N) is 3. The quantitative estimate of drug-likeness (QED) is 0.782. The third-order valence-corrected chi connectivity index (χ3v) is 4.02. The molecule has 0 aliphatic rings. The summed E-state index contributed by atoms with van der Waals surface area (Å²) in [5.74, 6) is 0.669. The Bertz CT molecular complexity index is 361. The highest BCUT2D eigenvalue weighted by atomic mass is 15.4. The summed E-state index contributed by atoms with van der Waals surface area (Å²) < 4.78 is 1.90. The summed E-state index contributed by atoms with van der Waals surface area (Å²) in [6.45, 7) is 16.8. The van der Waals surface area contributed by atoms with E-state index in [9.17, 15) is 0 Å². The molecule has 0 amide bonds. The monoisotopic (exact) mass is 237 g/mol. The lowest BCUT2D eigenvalue weighted by Crippen LogP contribution is -2.30. The van der Waals surface area contributed by atoms with Crippen LogP contribution in [-0.2, 0) is 12.0 Å². The van der Waals surface area contributed by atoms with Crippen LogP contribution in [0.3, 0.4) is 0 Å². The van der Waals surface area contributed by atoms with E-state index < -0.39 is 0 Å². The smallest absolute Gasteiger partial charge is 0.0883 e. The minimum Gasteiger partial charge on any atom is -0.253 e. The Morgan fingerprint density at radius 1 is 1.24 bits per heavy atom. The molecule has 0 unspecified atom stereocenters. The third-order valence-electron chi connectivity index (χ3n) is 4.02. The first-order valence-corrected chi connectivity index (χ1v) is 6.59. The summed E-state index contributed by atoms with van der Waals surface area (Å²) in [6.07, 6.45) is 3.20. The number of aromatic nitrogens is 3. The van der Waals surface area contributed by atoms with E-state index in [1.807, 2.05) is 4.68 Å². The molecule has 3 nitrogen and oxygen atoms in total. The van der Waals surface area contributed by atoms with Crippen LogP contribution < -0.4 is 0 Å². The van der Waals surface area contributed by atoms with Crippen molar-refractivity contribution >= 4 is 0 Å². The van der Waals surface area contributed by atoms with Crippen molar-refractivity contribution in [2.45, 2.75) is 66.8 Å². The average Bonchev–Trinajstić information content (AvgIpc) is 2.64. The van der Waals surface area contributed by atoms with Gasteiger partial charge in [0.1, 0.15) is 0 Å². The molecule has 1 aromatic heterocycles. The maximum Gasteiger partial charge on any atom is 0.0883 e. The molecule has 3 heteroatoms. The molecule has 0 aromatic carbocycles. The normalized spacial score (nSPS) is 13.4. The molecule has 0 aliphatic heterocycles. The first-order chi connectivity index (χ1) is 7.69. The number of aryl methyl sites for hydroxylation is 1. The van der Waals surface area contributed by atoms with Crippen LogP contribution in [0.25, 0.3) is 0 Å². The Balaban J connectivity index is 2.88. The summed E-state index contributed by atoms with van der Waals surface area (Å²) in [7, 11) is 0. The van der Waals surface area contributed by atoms with Crippen LogP contribution in [0.15, 0.2) is 6.20 Å². The van der Waals surface area contributed by atoms with Gasteiger partial charge in [-0.2, -0.15) is 0 Å². The molecule has 0 saturated carbocycles. The first-order valence-electron chi connectivity index (χ1n) is 6.59. The molecule has 1 aromatic rings. The predicted molar refractivity (Wildman–Crippen MR) is 72.0 cm³/mol. The molecular formula is C14H27N3. The molecule has 17 heavy (non-hydrogen) atoms. The molecule has 0 atom stereocenters. The zero-order valence-corrected chi connectivity index (χ0v) is 12.4. The zero-order chi connectivity index (χ0) is 13.3. The van der Waals surface area contributed by atoms with Gasteiger partial charge in [0.25, 0.3) is 0 Å². The van der Waals surface area contributed by atoms with Crippen molar-refractivity contribution in [1.29, 1.82) is 0 Å². The average molecular weight is 237 g/mol. The Morgan fingerprint density at radius 3 is 2.24 bits per heavy atom. The van der Waals surface area contributed by atoms with E-state index in [-0.39, 0.29) is 5.41 Å². The Morgan fingerprint density at radius 2 is 1.82 bits per heavy atom. The van der Waals surface area contributed by atoms with Gasteiger partial charge in [0.05, 0.1) is 5.69 Å². The van der Waals surface area contributed by atoms with Crippen LogP contribution in [0.2, 0.25) is 0 Å². The largest absolute Gasteiger partial charge is 0.253 e. The molecule has 0 spiro atoms. The van der Waals surface area contributed by atoms with E-state index in [4.69, 9.17) is 0 Å². The van der Waals surface area contributed by atoms with Crippen LogP contribution in [0.4, 0.5) is 0 Å². The molecule has 0 fully saturated rings. The van der Waals surface area contributed by atoms with E-state index in [0.29, 0.717) is 11.3 Å². The van der Waals surface area contributed by atoms with Gasteiger partial charge in [-0.05, 0) is 24.7 Å². The lowest BCUT2D eigenvalue weighted by molar-refractivity contribution is 0.179. The second kappa shape index (κ2) is 4.79. The van der Waals surface area contributed by atoms with Crippen molar-refractivity contribution in [1.82, 2.24) is 15.0 Å². The lowest BCUT2D eigenvalue weighted by atomic mass is 9.68.